The number of rotatable bonds is 7. The van der Waals surface area contributed by atoms with Crippen molar-refractivity contribution in [3.63, 3.8) is 0 Å². The summed E-state index contributed by atoms with van der Waals surface area (Å²) < 4.78 is 5.33. The van der Waals surface area contributed by atoms with Gasteiger partial charge in [-0.3, -0.25) is 9.69 Å². The highest BCUT2D eigenvalue weighted by Gasteiger charge is 2.35. The van der Waals surface area contributed by atoms with E-state index in [4.69, 9.17) is 4.74 Å². The predicted octanol–water partition coefficient (Wildman–Crippen LogP) is 2.52. The van der Waals surface area contributed by atoms with E-state index in [1.165, 1.54) is 4.90 Å². The number of carbonyl (C=O) groups is 3. The molecule has 0 aromatic heterocycles. The summed E-state index contributed by atoms with van der Waals surface area (Å²) in [7, 11) is 0. The third kappa shape index (κ3) is 5.59. The average Bonchev–Trinajstić information content (AvgIpc) is 3.09. The molecule has 0 saturated carbocycles. The van der Waals surface area contributed by atoms with E-state index in [1.807, 2.05) is 44.2 Å². The number of carbonyl (C=O) groups excluding carboxylic acids is 3. The largest absolute Gasteiger partial charge is 0.445 e. The lowest BCUT2D eigenvalue weighted by Gasteiger charge is -2.25. The molecule has 1 aromatic rings. The van der Waals surface area contributed by atoms with Crippen molar-refractivity contribution in [2.45, 2.75) is 51.8 Å². The number of ether oxygens (including phenoxy) is 1. The summed E-state index contributed by atoms with van der Waals surface area (Å²) in [6, 6.07) is 8.32. The molecule has 2 amide bonds. The second-order valence-corrected chi connectivity index (χ2v) is 6.77. The maximum Gasteiger partial charge on any atom is 0.410 e. The molecule has 0 spiro atoms. The van der Waals surface area contributed by atoms with Crippen molar-refractivity contribution in [2.75, 3.05) is 6.54 Å². The summed E-state index contributed by atoms with van der Waals surface area (Å²) in [5.41, 5.74) is 0.897. The molecular weight excluding hydrogens is 320 g/mol. The standard InChI is InChI=1S/C19H26N2O4/c1-14(2)11-16(12-22)20-18(23)17-9-6-10-21(17)19(24)25-13-15-7-4-3-5-8-15/h3-5,7-8,12,14,16-17H,6,9-11,13H2,1-2H3,(H,20,23)/t16-,17?/m1/s1. The van der Waals surface area contributed by atoms with Crippen LogP contribution in [0.15, 0.2) is 30.3 Å². The van der Waals surface area contributed by atoms with Crippen molar-refractivity contribution in [3.8, 4) is 0 Å². The van der Waals surface area contributed by atoms with Gasteiger partial charge in [-0.05, 0) is 30.7 Å². The molecular formula is C19H26N2O4. The van der Waals surface area contributed by atoms with Gasteiger partial charge in [0.25, 0.3) is 0 Å². The van der Waals surface area contributed by atoms with Crippen LogP contribution in [0.2, 0.25) is 0 Å². The van der Waals surface area contributed by atoms with Gasteiger partial charge in [-0.25, -0.2) is 4.79 Å². The molecule has 0 radical (unpaired) electrons. The molecule has 1 aliphatic heterocycles. The van der Waals surface area contributed by atoms with Crippen LogP contribution in [-0.4, -0.2) is 41.8 Å². The van der Waals surface area contributed by atoms with Crippen LogP contribution >= 0.6 is 0 Å². The molecule has 1 heterocycles. The van der Waals surface area contributed by atoms with E-state index in [0.29, 0.717) is 25.3 Å². The second kappa shape index (κ2) is 9.20. The van der Waals surface area contributed by atoms with Crippen molar-refractivity contribution in [2.24, 2.45) is 5.92 Å². The van der Waals surface area contributed by atoms with E-state index < -0.39 is 18.2 Å². The highest BCUT2D eigenvalue weighted by atomic mass is 16.6. The van der Waals surface area contributed by atoms with Gasteiger partial charge in [0.05, 0.1) is 6.04 Å². The summed E-state index contributed by atoms with van der Waals surface area (Å²) in [6.07, 6.45) is 2.17. The normalized spacial score (nSPS) is 18.0. The number of aldehydes is 1. The monoisotopic (exact) mass is 346 g/mol. The van der Waals surface area contributed by atoms with Crippen molar-refractivity contribution in [1.29, 1.82) is 0 Å². The van der Waals surface area contributed by atoms with Crippen molar-refractivity contribution in [1.82, 2.24) is 10.2 Å². The molecule has 6 heteroatoms. The number of hydrogen-bond acceptors (Lipinski definition) is 4. The highest BCUT2D eigenvalue weighted by molar-refractivity contribution is 5.88. The van der Waals surface area contributed by atoms with Crippen LogP contribution in [0, 0.1) is 5.92 Å². The fourth-order valence-electron chi connectivity index (χ4n) is 3.00. The van der Waals surface area contributed by atoms with E-state index in [9.17, 15) is 14.4 Å². The summed E-state index contributed by atoms with van der Waals surface area (Å²) in [4.78, 5) is 37.4. The van der Waals surface area contributed by atoms with E-state index in [-0.39, 0.29) is 12.5 Å². The SMILES string of the molecule is CC(C)C[C@H](C=O)NC(=O)C1CCCN1C(=O)OCc1ccccc1. The van der Waals surface area contributed by atoms with E-state index in [1.54, 1.807) is 0 Å². The summed E-state index contributed by atoms with van der Waals surface area (Å²) >= 11 is 0. The van der Waals surface area contributed by atoms with Crippen LogP contribution in [0.25, 0.3) is 0 Å². The van der Waals surface area contributed by atoms with Crippen LogP contribution < -0.4 is 5.32 Å². The zero-order chi connectivity index (χ0) is 18.2. The smallest absolute Gasteiger partial charge is 0.410 e. The molecule has 1 N–H and O–H groups in total. The summed E-state index contributed by atoms with van der Waals surface area (Å²) in [5.74, 6) is 0.0120. The maximum absolute atomic E-state index is 12.5. The highest BCUT2D eigenvalue weighted by Crippen LogP contribution is 2.19. The Hall–Kier alpha value is -2.37. The number of nitrogens with one attached hydrogen (secondary N) is 1. The fraction of sp³-hybridized carbons (Fsp3) is 0.526. The molecule has 25 heavy (non-hydrogen) atoms. The minimum atomic E-state index is -0.571. The summed E-state index contributed by atoms with van der Waals surface area (Å²) in [6.45, 7) is 4.65. The first-order chi connectivity index (χ1) is 12.0. The van der Waals surface area contributed by atoms with Gasteiger partial charge in [0, 0.05) is 6.54 Å². The number of benzene rings is 1. The van der Waals surface area contributed by atoms with Gasteiger partial charge in [-0.15, -0.1) is 0 Å². The Balaban J connectivity index is 1.90. The zero-order valence-electron chi connectivity index (χ0n) is 14.8. The first-order valence-corrected chi connectivity index (χ1v) is 8.74. The van der Waals surface area contributed by atoms with Crippen molar-refractivity contribution in [3.05, 3.63) is 35.9 Å². The van der Waals surface area contributed by atoms with Crippen LogP contribution in [0.4, 0.5) is 4.79 Å². The number of amides is 2. The van der Waals surface area contributed by atoms with Gasteiger partial charge >= 0.3 is 6.09 Å². The molecule has 1 aliphatic rings. The predicted molar refractivity (Wildman–Crippen MR) is 93.8 cm³/mol. The first kappa shape index (κ1) is 19.0. The Morgan fingerprint density at radius 1 is 1.32 bits per heavy atom. The topological polar surface area (TPSA) is 75.7 Å². The van der Waals surface area contributed by atoms with Crippen molar-refractivity contribution < 1.29 is 19.1 Å². The Kier molecular flexibility index (Phi) is 6.98. The van der Waals surface area contributed by atoms with E-state index in [0.717, 1.165) is 18.3 Å². The first-order valence-electron chi connectivity index (χ1n) is 8.74. The quantitative estimate of drug-likeness (QED) is 0.770. The van der Waals surface area contributed by atoms with E-state index >= 15 is 0 Å². The number of likely N-dealkylation sites (tertiary alicyclic amines) is 1. The lowest BCUT2D eigenvalue weighted by Crippen LogP contribution is -2.49. The second-order valence-electron chi connectivity index (χ2n) is 6.77. The number of hydrogen-bond donors (Lipinski definition) is 1. The van der Waals surface area contributed by atoms with Gasteiger partial charge in [0.15, 0.2) is 0 Å². The molecule has 1 saturated heterocycles. The van der Waals surface area contributed by atoms with Crippen LogP contribution in [-0.2, 0) is 20.9 Å². The fourth-order valence-corrected chi connectivity index (χ4v) is 3.00. The third-order valence-corrected chi connectivity index (χ3v) is 4.21. The molecule has 2 rings (SSSR count). The Labute approximate surface area is 148 Å². The number of nitrogens with zero attached hydrogens (tertiary/aromatic N) is 1. The molecule has 6 nitrogen and oxygen atoms in total. The Morgan fingerprint density at radius 3 is 2.68 bits per heavy atom. The van der Waals surface area contributed by atoms with E-state index in [2.05, 4.69) is 5.32 Å². The molecule has 1 fully saturated rings. The Bertz CT molecular complexity index is 588. The zero-order valence-corrected chi connectivity index (χ0v) is 14.8. The lowest BCUT2D eigenvalue weighted by molar-refractivity contribution is -0.127. The van der Waals surface area contributed by atoms with Crippen molar-refractivity contribution >= 4 is 18.3 Å². The lowest BCUT2D eigenvalue weighted by atomic mass is 10.0. The molecule has 0 aliphatic carbocycles. The van der Waals surface area contributed by atoms with Gasteiger partial charge in [-0.1, -0.05) is 44.2 Å². The third-order valence-electron chi connectivity index (χ3n) is 4.21. The average molecular weight is 346 g/mol. The molecule has 1 unspecified atom stereocenters. The molecule has 1 aromatic carbocycles. The maximum atomic E-state index is 12.5. The Morgan fingerprint density at radius 2 is 2.04 bits per heavy atom. The minimum Gasteiger partial charge on any atom is -0.445 e. The molecule has 2 atom stereocenters. The minimum absolute atomic E-state index is 0.175. The van der Waals surface area contributed by atoms with Crippen LogP contribution in [0.1, 0.15) is 38.7 Å². The van der Waals surface area contributed by atoms with Gasteiger partial charge in [-0.2, -0.15) is 0 Å². The van der Waals surface area contributed by atoms with Gasteiger partial charge in [0.1, 0.15) is 18.9 Å². The van der Waals surface area contributed by atoms with Gasteiger partial charge in [0.2, 0.25) is 5.91 Å². The summed E-state index contributed by atoms with van der Waals surface area (Å²) in [5, 5.41) is 2.74. The molecule has 0 bridgehead atoms. The molecule has 136 valence electrons. The van der Waals surface area contributed by atoms with Crippen LogP contribution in [0.5, 0.6) is 0 Å². The van der Waals surface area contributed by atoms with Gasteiger partial charge < -0.3 is 14.8 Å². The van der Waals surface area contributed by atoms with Crippen LogP contribution in [0.3, 0.4) is 0 Å².